The number of fused-ring (bicyclic) bond motifs is 2. The van der Waals surface area contributed by atoms with Gasteiger partial charge in [-0.25, -0.2) is 0 Å². The second kappa shape index (κ2) is 6.59. The van der Waals surface area contributed by atoms with E-state index in [-0.39, 0.29) is 5.78 Å². The summed E-state index contributed by atoms with van der Waals surface area (Å²) in [5, 5.41) is 0.680. The molecule has 2 aliphatic rings. The Labute approximate surface area is 154 Å². The minimum Gasteiger partial charge on any atom is -0.370 e. The lowest BCUT2D eigenvalue weighted by Gasteiger charge is -2.34. The fourth-order valence-electron chi connectivity index (χ4n) is 4.13. The average Bonchev–Trinajstić information content (AvgIpc) is 2.88. The van der Waals surface area contributed by atoms with E-state index < -0.39 is 5.60 Å². The highest BCUT2D eigenvalue weighted by molar-refractivity contribution is 6.32. The molecule has 0 amide bonds. The van der Waals surface area contributed by atoms with Crippen LogP contribution in [0.15, 0.2) is 36.4 Å². The van der Waals surface area contributed by atoms with E-state index in [1.165, 1.54) is 11.1 Å². The van der Waals surface area contributed by atoms with Crippen LogP contribution in [0.5, 0.6) is 0 Å². The van der Waals surface area contributed by atoms with E-state index in [0.29, 0.717) is 11.4 Å². The van der Waals surface area contributed by atoms with Crippen molar-refractivity contribution >= 4 is 17.4 Å². The Balaban J connectivity index is 1.70. The normalized spacial score (nSPS) is 22.4. The Kier molecular flexibility index (Phi) is 4.43. The molecule has 0 aromatic heterocycles. The Morgan fingerprint density at radius 2 is 1.88 bits per heavy atom. The third-order valence-electron chi connectivity index (χ3n) is 5.60. The molecular weight excluding hydrogens is 332 g/mol. The van der Waals surface area contributed by atoms with Crippen molar-refractivity contribution in [1.82, 2.24) is 0 Å². The van der Waals surface area contributed by atoms with Gasteiger partial charge in [0, 0.05) is 23.6 Å². The van der Waals surface area contributed by atoms with Crippen molar-refractivity contribution in [1.29, 1.82) is 0 Å². The summed E-state index contributed by atoms with van der Waals surface area (Å²) < 4.78 is 6.13. The third-order valence-corrected chi connectivity index (χ3v) is 5.95. The number of aryl methyl sites for hydroxylation is 1. The molecule has 1 atom stereocenters. The number of carbonyl (C=O) groups excluding carboxylic acids is 1. The summed E-state index contributed by atoms with van der Waals surface area (Å²) in [7, 11) is 0. The van der Waals surface area contributed by atoms with Crippen LogP contribution in [-0.4, -0.2) is 12.4 Å². The van der Waals surface area contributed by atoms with Gasteiger partial charge in [0.2, 0.25) is 0 Å². The molecule has 1 fully saturated rings. The number of hydrogen-bond donors (Lipinski definition) is 0. The minimum absolute atomic E-state index is 0.164. The highest BCUT2D eigenvalue weighted by Gasteiger charge is 2.45. The van der Waals surface area contributed by atoms with E-state index in [9.17, 15) is 4.79 Å². The molecule has 1 aliphatic carbocycles. The number of Topliss-reactive ketones (excluding diaryl/α,β-unsaturated/α-hetero) is 1. The molecule has 1 heterocycles. The first-order valence-electron chi connectivity index (χ1n) is 9.19. The smallest absolute Gasteiger partial charge is 0.166 e. The lowest BCUT2D eigenvalue weighted by Crippen LogP contribution is -2.31. The molecule has 0 N–H and O–H groups in total. The predicted molar refractivity (Wildman–Crippen MR) is 101 cm³/mol. The number of rotatable bonds is 3. The second-order valence-electron chi connectivity index (χ2n) is 7.24. The zero-order valence-electron chi connectivity index (χ0n) is 14.6. The van der Waals surface area contributed by atoms with Gasteiger partial charge in [-0.3, -0.25) is 4.79 Å². The van der Waals surface area contributed by atoms with E-state index in [0.717, 1.165) is 55.4 Å². The van der Waals surface area contributed by atoms with Gasteiger partial charge in [-0.15, -0.1) is 0 Å². The summed E-state index contributed by atoms with van der Waals surface area (Å²) in [6.07, 6.45) is 5.41. The van der Waals surface area contributed by atoms with E-state index in [4.69, 9.17) is 16.3 Å². The fraction of sp³-hybridized carbons (Fsp3) is 0.409. The molecule has 2 aromatic carbocycles. The zero-order valence-corrected chi connectivity index (χ0v) is 15.4. The number of halogens is 1. The summed E-state index contributed by atoms with van der Waals surface area (Å²) in [6.45, 7) is 2.90. The first kappa shape index (κ1) is 16.8. The molecule has 2 aromatic rings. The SMILES string of the molecule is CCc1ccc(Cc2cc3c(cc2Cl)C(=O)CC32CCCCO2)cc1. The number of benzene rings is 2. The van der Waals surface area contributed by atoms with Crippen molar-refractivity contribution in [2.75, 3.05) is 6.61 Å². The molecule has 130 valence electrons. The highest BCUT2D eigenvalue weighted by atomic mass is 35.5. The van der Waals surface area contributed by atoms with Gasteiger partial charge in [-0.2, -0.15) is 0 Å². The largest absolute Gasteiger partial charge is 0.370 e. The molecule has 4 rings (SSSR count). The van der Waals surface area contributed by atoms with E-state index in [1.54, 1.807) is 0 Å². The standard InChI is InChI=1S/C22H23ClO2/c1-2-15-5-7-16(8-6-15)11-17-12-19-18(13-20(17)23)21(24)14-22(19)9-3-4-10-25-22/h5-8,12-13H,2-4,9-11,14H2,1H3. The molecular formula is C22H23ClO2. The Morgan fingerprint density at radius 1 is 1.12 bits per heavy atom. The zero-order chi connectivity index (χ0) is 17.4. The summed E-state index contributed by atoms with van der Waals surface area (Å²) in [6, 6.07) is 12.7. The van der Waals surface area contributed by atoms with Crippen molar-refractivity contribution < 1.29 is 9.53 Å². The molecule has 1 aliphatic heterocycles. The lowest BCUT2D eigenvalue weighted by atomic mass is 9.86. The van der Waals surface area contributed by atoms with Gasteiger partial charge in [-0.05, 0) is 60.4 Å². The third kappa shape index (κ3) is 3.02. The van der Waals surface area contributed by atoms with Crippen LogP contribution in [0.4, 0.5) is 0 Å². The minimum atomic E-state index is -0.407. The monoisotopic (exact) mass is 354 g/mol. The van der Waals surface area contributed by atoms with Gasteiger partial charge < -0.3 is 4.74 Å². The van der Waals surface area contributed by atoms with Gasteiger partial charge in [0.1, 0.15) is 5.60 Å². The number of hydrogen-bond acceptors (Lipinski definition) is 2. The number of ketones is 1. The van der Waals surface area contributed by atoms with Crippen LogP contribution in [0, 0.1) is 0 Å². The van der Waals surface area contributed by atoms with Crippen LogP contribution >= 0.6 is 11.6 Å². The van der Waals surface area contributed by atoms with E-state index >= 15 is 0 Å². The Hall–Kier alpha value is -1.64. The maximum absolute atomic E-state index is 12.5. The van der Waals surface area contributed by atoms with Crippen LogP contribution in [0.1, 0.15) is 65.2 Å². The van der Waals surface area contributed by atoms with Gasteiger partial charge in [0.25, 0.3) is 0 Å². The molecule has 1 saturated heterocycles. The van der Waals surface area contributed by atoms with Gasteiger partial charge in [0.05, 0.1) is 0 Å². The summed E-state index contributed by atoms with van der Waals surface area (Å²) in [5.41, 5.74) is 5.06. The van der Waals surface area contributed by atoms with Crippen LogP contribution in [0.3, 0.4) is 0 Å². The van der Waals surface area contributed by atoms with Crippen LogP contribution in [0.2, 0.25) is 5.02 Å². The summed E-state index contributed by atoms with van der Waals surface area (Å²) in [4.78, 5) is 12.5. The molecule has 1 spiro atoms. The molecule has 25 heavy (non-hydrogen) atoms. The van der Waals surface area contributed by atoms with Crippen molar-refractivity contribution in [3.63, 3.8) is 0 Å². The average molecular weight is 355 g/mol. The van der Waals surface area contributed by atoms with Crippen LogP contribution < -0.4 is 0 Å². The molecule has 0 bridgehead atoms. The van der Waals surface area contributed by atoms with Crippen molar-refractivity contribution in [2.45, 2.75) is 51.0 Å². The first-order chi connectivity index (χ1) is 12.1. The van der Waals surface area contributed by atoms with Gasteiger partial charge in [0.15, 0.2) is 5.78 Å². The predicted octanol–water partition coefficient (Wildman–Crippen LogP) is 5.48. The molecule has 3 heteroatoms. The van der Waals surface area contributed by atoms with Crippen molar-refractivity contribution in [2.24, 2.45) is 0 Å². The van der Waals surface area contributed by atoms with E-state index in [1.807, 2.05) is 6.07 Å². The fourth-order valence-corrected chi connectivity index (χ4v) is 4.36. The van der Waals surface area contributed by atoms with Crippen molar-refractivity contribution in [3.8, 4) is 0 Å². The Morgan fingerprint density at radius 3 is 2.56 bits per heavy atom. The molecule has 0 radical (unpaired) electrons. The Bertz CT molecular complexity index is 802. The molecule has 2 nitrogen and oxygen atoms in total. The summed E-state index contributed by atoms with van der Waals surface area (Å²) in [5.74, 6) is 0.164. The van der Waals surface area contributed by atoms with E-state index in [2.05, 4.69) is 37.3 Å². The highest BCUT2D eigenvalue weighted by Crippen LogP contribution is 2.47. The van der Waals surface area contributed by atoms with Gasteiger partial charge in [-0.1, -0.05) is 48.9 Å². The maximum Gasteiger partial charge on any atom is 0.166 e. The lowest BCUT2D eigenvalue weighted by molar-refractivity contribution is -0.0783. The molecule has 0 saturated carbocycles. The number of ether oxygens (including phenoxy) is 1. The maximum atomic E-state index is 12.5. The van der Waals surface area contributed by atoms with Crippen LogP contribution in [0.25, 0.3) is 0 Å². The van der Waals surface area contributed by atoms with Crippen LogP contribution in [-0.2, 0) is 23.2 Å². The quantitative estimate of drug-likeness (QED) is 0.730. The summed E-state index contributed by atoms with van der Waals surface area (Å²) >= 11 is 6.52. The van der Waals surface area contributed by atoms with Crippen molar-refractivity contribution in [3.05, 3.63) is 69.2 Å². The second-order valence-corrected chi connectivity index (χ2v) is 7.64. The molecule has 1 unspecified atom stereocenters. The topological polar surface area (TPSA) is 26.3 Å². The van der Waals surface area contributed by atoms with Gasteiger partial charge >= 0.3 is 0 Å². The number of carbonyl (C=O) groups is 1. The first-order valence-corrected chi connectivity index (χ1v) is 9.57.